The molecule has 4 nitrogen and oxygen atoms in total. The summed E-state index contributed by atoms with van der Waals surface area (Å²) in [7, 11) is 1.57. The molecule has 2 aromatic carbocycles. The third kappa shape index (κ3) is 3.73. The van der Waals surface area contributed by atoms with E-state index in [1.54, 1.807) is 37.5 Å². The summed E-state index contributed by atoms with van der Waals surface area (Å²) in [5.41, 5.74) is 1.75. The Kier molecular flexibility index (Phi) is 4.77. The largest absolute Gasteiger partial charge is 0.497 e. The van der Waals surface area contributed by atoms with E-state index >= 15 is 0 Å². The number of cyclic esters (lactones) is 1. The molecule has 0 saturated heterocycles. The molecule has 0 bridgehead atoms. The van der Waals surface area contributed by atoms with E-state index in [0.29, 0.717) is 16.3 Å². The van der Waals surface area contributed by atoms with Crippen LogP contribution >= 0.6 is 11.6 Å². The van der Waals surface area contributed by atoms with Gasteiger partial charge in [0.2, 0.25) is 5.90 Å². The molecule has 1 aliphatic heterocycles. The van der Waals surface area contributed by atoms with Crippen LogP contribution in [0.15, 0.2) is 76.4 Å². The molecule has 0 N–H and O–H groups in total. The minimum atomic E-state index is -0.535. The maximum atomic E-state index is 12.0. The van der Waals surface area contributed by atoms with E-state index in [9.17, 15) is 4.79 Å². The van der Waals surface area contributed by atoms with Crippen LogP contribution in [0.4, 0.5) is 0 Å². The molecule has 1 heterocycles. The van der Waals surface area contributed by atoms with Crippen LogP contribution in [0.3, 0.4) is 0 Å². The molecule has 0 amide bonds. The van der Waals surface area contributed by atoms with Crippen LogP contribution in [-0.2, 0) is 9.53 Å². The molecule has 0 unspecified atom stereocenters. The zero-order chi connectivity index (χ0) is 16.9. The summed E-state index contributed by atoms with van der Waals surface area (Å²) in [5, 5.41) is 0.392. The summed E-state index contributed by atoms with van der Waals surface area (Å²) < 4.78 is 10.4. The Hall–Kier alpha value is -2.85. The van der Waals surface area contributed by atoms with E-state index in [1.807, 2.05) is 30.3 Å². The van der Waals surface area contributed by atoms with E-state index in [4.69, 9.17) is 21.1 Å². The number of ether oxygens (including phenoxy) is 2. The Balaban J connectivity index is 1.87. The third-order valence-corrected chi connectivity index (χ3v) is 3.53. The van der Waals surface area contributed by atoms with Crippen molar-refractivity contribution in [3.8, 4) is 5.75 Å². The summed E-state index contributed by atoms with van der Waals surface area (Å²) in [6.07, 6.45) is 3.24. The van der Waals surface area contributed by atoms with Crippen molar-refractivity contribution in [2.75, 3.05) is 7.11 Å². The molecular formula is C19H14ClNO3. The predicted molar refractivity (Wildman–Crippen MR) is 94.0 cm³/mol. The van der Waals surface area contributed by atoms with Gasteiger partial charge in [0, 0.05) is 10.6 Å². The molecule has 0 spiro atoms. The molecule has 0 atom stereocenters. The van der Waals surface area contributed by atoms with E-state index in [0.717, 1.165) is 5.56 Å². The fraction of sp³-hybridized carbons (Fsp3) is 0.0526. The number of hydrogen-bond donors (Lipinski definition) is 0. The molecule has 0 aliphatic carbocycles. The van der Waals surface area contributed by atoms with Gasteiger partial charge in [-0.2, -0.15) is 0 Å². The number of benzene rings is 2. The summed E-state index contributed by atoms with van der Waals surface area (Å²) in [6, 6.07) is 16.7. The Labute approximate surface area is 144 Å². The number of rotatable bonds is 4. The topological polar surface area (TPSA) is 47.9 Å². The van der Waals surface area contributed by atoms with Crippen LogP contribution in [0.2, 0.25) is 0 Å². The fourth-order valence-electron chi connectivity index (χ4n) is 2.17. The van der Waals surface area contributed by atoms with Crippen molar-refractivity contribution in [3.63, 3.8) is 0 Å². The van der Waals surface area contributed by atoms with Gasteiger partial charge in [0.15, 0.2) is 5.70 Å². The van der Waals surface area contributed by atoms with Crippen molar-refractivity contribution in [3.05, 3.63) is 82.5 Å². The van der Waals surface area contributed by atoms with E-state index in [2.05, 4.69) is 4.99 Å². The lowest BCUT2D eigenvalue weighted by molar-refractivity contribution is -0.130. The van der Waals surface area contributed by atoms with E-state index < -0.39 is 5.97 Å². The zero-order valence-electron chi connectivity index (χ0n) is 12.9. The van der Waals surface area contributed by atoms with Crippen LogP contribution in [0.5, 0.6) is 5.75 Å². The number of esters is 1. The minimum Gasteiger partial charge on any atom is -0.497 e. The highest BCUT2D eigenvalue weighted by Crippen LogP contribution is 2.22. The summed E-state index contributed by atoms with van der Waals surface area (Å²) in [4.78, 5) is 16.2. The minimum absolute atomic E-state index is 0.157. The lowest BCUT2D eigenvalue weighted by Gasteiger charge is -2.02. The number of carbonyl (C=O) groups excluding carboxylic acids is 1. The SMILES string of the molecule is COc1cccc(C2=N/C(=C\C(Cl)=C\c3ccccc3)C(=O)O2)c1. The Morgan fingerprint density at radius 2 is 1.96 bits per heavy atom. The monoisotopic (exact) mass is 339 g/mol. The van der Waals surface area contributed by atoms with E-state index in [-0.39, 0.29) is 11.6 Å². The molecule has 0 radical (unpaired) electrons. The standard InChI is InChI=1S/C19H14ClNO3/c1-23-16-9-5-8-14(11-16)18-21-17(19(22)24-18)12-15(20)10-13-6-3-2-4-7-13/h2-12H,1H3/b15-10-,17-12-. The quantitative estimate of drug-likeness (QED) is 0.620. The number of carbonyl (C=O) groups is 1. The molecule has 120 valence electrons. The van der Waals surface area contributed by atoms with Gasteiger partial charge in [-0.15, -0.1) is 0 Å². The zero-order valence-corrected chi connectivity index (χ0v) is 13.7. The van der Waals surface area contributed by atoms with Crippen molar-refractivity contribution in [2.45, 2.75) is 0 Å². The highest BCUT2D eigenvalue weighted by atomic mass is 35.5. The van der Waals surface area contributed by atoms with Crippen LogP contribution in [0.25, 0.3) is 6.08 Å². The van der Waals surface area contributed by atoms with Gasteiger partial charge in [0.05, 0.1) is 7.11 Å². The summed E-state index contributed by atoms with van der Waals surface area (Å²) in [5.74, 6) is 0.354. The van der Waals surface area contributed by atoms with Crippen molar-refractivity contribution in [1.29, 1.82) is 0 Å². The molecular weight excluding hydrogens is 326 g/mol. The first-order valence-electron chi connectivity index (χ1n) is 7.25. The Morgan fingerprint density at radius 3 is 2.71 bits per heavy atom. The lowest BCUT2D eigenvalue weighted by atomic mass is 10.2. The maximum absolute atomic E-state index is 12.0. The molecule has 0 aromatic heterocycles. The van der Waals surface area contributed by atoms with Gasteiger partial charge < -0.3 is 9.47 Å². The van der Waals surface area contributed by atoms with Crippen LogP contribution < -0.4 is 4.74 Å². The van der Waals surface area contributed by atoms with Gasteiger partial charge in [-0.05, 0) is 35.9 Å². The highest BCUT2D eigenvalue weighted by Gasteiger charge is 2.24. The number of nitrogens with zero attached hydrogens (tertiary/aromatic N) is 1. The van der Waals surface area contributed by atoms with Gasteiger partial charge >= 0.3 is 5.97 Å². The lowest BCUT2D eigenvalue weighted by Crippen LogP contribution is -2.05. The second kappa shape index (κ2) is 7.15. The second-order valence-corrected chi connectivity index (χ2v) is 5.44. The van der Waals surface area contributed by atoms with Crippen molar-refractivity contribution >= 4 is 29.5 Å². The molecule has 0 fully saturated rings. The van der Waals surface area contributed by atoms with Crippen molar-refractivity contribution in [1.82, 2.24) is 0 Å². The highest BCUT2D eigenvalue weighted by molar-refractivity contribution is 6.33. The first-order chi connectivity index (χ1) is 11.7. The van der Waals surface area contributed by atoms with Gasteiger partial charge in [-0.25, -0.2) is 9.79 Å². The average molecular weight is 340 g/mol. The maximum Gasteiger partial charge on any atom is 0.363 e. The molecule has 1 aliphatic rings. The first-order valence-corrected chi connectivity index (χ1v) is 7.63. The normalized spacial score (nSPS) is 16.1. The van der Waals surface area contributed by atoms with Crippen LogP contribution in [0, 0.1) is 0 Å². The van der Waals surface area contributed by atoms with Gasteiger partial charge in [0.25, 0.3) is 0 Å². The molecule has 5 heteroatoms. The summed E-state index contributed by atoms with van der Waals surface area (Å²) in [6.45, 7) is 0. The molecule has 0 saturated carbocycles. The van der Waals surface area contributed by atoms with Crippen molar-refractivity contribution in [2.24, 2.45) is 4.99 Å². The third-order valence-electron chi connectivity index (χ3n) is 3.32. The Bertz CT molecular complexity index is 854. The number of methoxy groups -OCH3 is 1. The molecule has 3 rings (SSSR count). The average Bonchev–Trinajstić information content (AvgIpc) is 2.96. The number of aliphatic imine (C=N–C) groups is 1. The van der Waals surface area contributed by atoms with E-state index in [1.165, 1.54) is 6.08 Å². The summed E-state index contributed by atoms with van der Waals surface area (Å²) >= 11 is 6.19. The number of halogens is 1. The fourth-order valence-corrected chi connectivity index (χ4v) is 2.40. The molecule has 2 aromatic rings. The van der Waals surface area contributed by atoms with Crippen LogP contribution in [0.1, 0.15) is 11.1 Å². The number of hydrogen-bond acceptors (Lipinski definition) is 4. The van der Waals surface area contributed by atoms with Crippen LogP contribution in [-0.4, -0.2) is 19.0 Å². The number of allylic oxidation sites excluding steroid dienone is 2. The van der Waals surface area contributed by atoms with Gasteiger partial charge in [-0.3, -0.25) is 0 Å². The van der Waals surface area contributed by atoms with Gasteiger partial charge in [0.1, 0.15) is 5.75 Å². The van der Waals surface area contributed by atoms with Crippen molar-refractivity contribution < 1.29 is 14.3 Å². The van der Waals surface area contributed by atoms with Gasteiger partial charge in [-0.1, -0.05) is 48.0 Å². The molecule has 24 heavy (non-hydrogen) atoms. The Morgan fingerprint density at radius 1 is 1.17 bits per heavy atom. The second-order valence-electron chi connectivity index (χ2n) is 5.01. The predicted octanol–water partition coefficient (Wildman–Crippen LogP) is 4.16. The first kappa shape index (κ1) is 16.0. The smallest absolute Gasteiger partial charge is 0.363 e.